The zero-order chi connectivity index (χ0) is 13.7. The monoisotopic (exact) mass is 301 g/mol. The van der Waals surface area contributed by atoms with Crippen LogP contribution in [0.25, 0.3) is 10.1 Å². The molecule has 98 valence electrons. The summed E-state index contributed by atoms with van der Waals surface area (Å²) in [4.78, 5) is 13.2. The molecular weight excluding hydrogens is 293 g/mol. The van der Waals surface area contributed by atoms with Gasteiger partial charge in [0, 0.05) is 15.0 Å². The molecule has 2 heterocycles. The average Bonchev–Trinajstić information content (AvgIpc) is 2.73. The van der Waals surface area contributed by atoms with Gasteiger partial charge in [0.25, 0.3) is 5.91 Å². The fourth-order valence-electron chi connectivity index (χ4n) is 2.28. The number of rotatable bonds is 0. The van der Waals surface area contributed by atoms with Gasteiger partial charge in [-0.3, -0.25) is 4.79 Å². The molecule has 20 heavy (non-hydrogen) atoms. The number of amides is 1. The molecular formula is C15H8FNOS2. The van der Waals surface area contributed by atoms with Crippen LogP contribution in [0, 0.1) is 5.82 Å². The third-order valence-corrected chi connectivity index (χ3v) is 5.60. The second-order valence-electron chi connectivity index (χ2n) is 4.46. The van der Waals surface area contributed by atoms with Gasteiger partial charge < -0.3 is 5.32 Å². The van der Waals surface area contributed by atoms with E-state index in [1.54, 1.807) is 17.4 Å². The lowest BCUT2D eigenvalue weighted by molar-refractivity contribution is 0.102. The zero-order valence-electron chi connectivity index (χ0n) is 10.1. The molecule has 0 unspecified atom stereocenters. The van der Waals surface area contributed by atoms with Crippen LogP contribution in [0.3, 0.4) is 0 Å². The van der Waals surface area contributed by atoms with Crippen LogP contribution in [-0.4, -0.2) is 5.91 Å². The lowest BCUT2D eigenvalue weighted by Gasteiger charge is -2.05. The molecule has 0 saturated heterocycles. The summed E-state index contributed by atoms with van der Waals surface area (Å²) in [5, 5.41) is 3.81. The second-order valence-corrected chi connectivity index (χ2v) is 6.82. The third-order valence-electron chi connectivity index (χ3n) is 3.18. The Morgan fingerprint density at radius 2 is 1.95 bits per heavy atom. The Bertz CT molecular complexity index is 856. The number of carbonyl (C=O) groups excluding carboxylic acids is 1. The van der Waals surface area contributed by atoms with E-state index in [0.29, 0.717) is 11.3 Å². The molecule has 1 N–H and O–H groups in total. The van der Waals surface area contributed by atoms with Crippen molar-refractivity contribution in [3.8, 4) is 0 Å². The molecule has 0 bridgehead atoms. The lowest BCUT2D eigenvalue weighted by Crippen LogP contribution is -2.10. The van der Waals surface area contributed by atoms with E-state index >= 15 is 0 Å². The highest BCUT2D eigenvalue weighted by molar-refractivity contribution is 8.01. The molecule has 1 aliphatic rings. The van der Waals surface area contributed by atoms with E-state index in [0.717, 1.165) is 19.2 Å². The predicted octanol–water partition coefficient (Wildman–Crippen LogP) is 4.76. The molecule has 2 nitrogen and oxygen atoms in total. The standard InChI is InChI=1S/C15H8FNOS2/c16-8-5-6-10-12(7-8)20-15-13(14(18)17-10)9-3-1-2-4-11(9)19-15/h1-7H,(H,17,18). The molecule has 0 radical (unpaired) electrons. The van der Waals surface area contributed by atoms with E-state index in [1.165, 1.54) is 23.9 Å². The molecule has 1 aromatic heterocycles. The molecule has 4 rings (SSSR count). The fraction of sp³-hybridized carbons (Fsp3) is 0. The van der Waals surface area contributed by atoms with Crippen molar-refractivity contribution >= 4 is 44.8 Å². The van der Waals surface area contributed by atoms with Gasteiger partial charge in [-0.2, -0.15) is 0 Å². The van der Waals surface area contributed by atoms with E-state index < -0.39 is 0 Å². The summed E-state index contributed by atoms with van der Waals surface area (Å²) in [5.41, 5.74) is 1.35. The first kappa shape index (κ1) is 11.9. The van der Waals surface area contributed by atoms with Crippen LogP contribution in [0.2, 0.25) is 0 Å². The maximum atomic E-state index is 13.4. The number of anilines is 1. The van der Waals surface area contributed by atoms with Crippen molar-refractivity contribution in [3.05, 3.63) is 53.8 Å². The SMILES string of the molecule is O=C1Nc2ccc(F)cc2Sc2sc3ccccc3c21. The normalized spacial score (nSPS) is 13.6. The predicted molar refractivity (Wildman–Crippen MR) is 80.3 cm³/mol. The molecule has 0 fully saturated rings. The number of benzene rings is 2. The van der Waals surface area contributed by atoms with E-state index in [4.69, 9.17) is 0 Å². The van der Waals surface area contributed by atoms with Crippen LogP contribution in [0.1, 0.15) is 10.4 Å². The maximum Gasteiger partial charge on any atom is 0.258 e. The van der Waals surface area contributed by atoms with Crippen LogP contribution in [0.15, 0.2) is 51.6 Å². The summed E-state index contributed by atoms with van der Waals surface area (Å²) >= 11 is 3.01. The Morgan fingerprint density at radius 3 is 2.85 bits per heavy atom. The quantitative estimate of drug-likeness (QED) is 0.649. The average molecular weight is 301 g/mol. The minimum atomic E-state index is -0.296. The number of hydrogen-bond donors (Lipinski definition) is 1. The minimum absolute atomic E-state index is 0.129. The number of hydrogen-bond acceptors (Lipinski definition) is 3. The zero-order valence-corrected chi connectivity index (χ0v) is 11.8. The first-order valence-corrected chi connectivity index (χ1v) is 7.66. The summed E-state index contributed by atoms with van der Waals surface area (Å²) in [5.74, 6) is -0.426. The second kappa shape index (κ2) is 4.33. The van der Waals surface area contributed by atoms with Gasteiger partial charge in [0.15, 0.2) is 0 Å². The molecule has 0 atom stereocenters. The van der Waals surface area contributed by atoms with E-state index in [9.17, 15) is 9.18 Å². The van der Waals surface area contributed by atoms with Gasteiger partial charge in [-0.25, -0.2) is 4.39 Å². The Hall–Kier alpha value is -1.85. The number of halogens is 1. The lowest BCUT2D eigenvalue weighted by atomic mass is 10.1. The molecule has 0 spiro atoms. The molecule has 1 amide bonds. The van der Waals surface area contributed by atoms with Crippen molar-refractivity contribution in [1.82, 2.24) is 0 Å². The highest BCUT2D eigenvalue weighted by Gasteiger charge is 2.24. The molecule has 0 aliphatic carbocycles. The molecule has 5 heteroatoms. The summed E-state index contributed by atoms with van der Waals surface area (Å²) in [6.07, 6.45) is 0. The van der Waals surface area contributed by atoms with Crippen molar-refractivity contribution in [2.75, 3.05) is 5.32 Å². The Balaban J connectivity index is 1.98. The number of thiophene rings is 1. The van der Waals surface area contributed by atoms with Gasteiger partial charge in [-0.15, -0.1) is 11.3 Å². The summed E-state index contributed by atoms with van der Waals surface area (Å²) in [6, 6.07) is 12.2. The number of fused-ring (bicyclic) bond motifs is 4. The van der Waals surface area contributed by atoms with Crippen LogP contribution >= 0.6 is 23.1 Å². The Kier molecular flexibility index (Phi) is 2.58. The van der Waals surface area contributed by atoms with E-state index in [1.807, 2.05) is 24.3 Å². The van der Waals surface area contributed by atoms with Crippen molar-refractivity contribution in [2.24, 2.45) is 0 Å². The first-order chi connectivity index (χ1) is 9.72. The Morgan fingerprint density at radius 1 is 1.10 bits per heavy atom. The number of carbonyl (C=O) groups is 1. The van der Waals surface area contributed by atoms with Crippen molar-refractivity contribution < 1.29 is 9.18 Å². The largest absolute Gasteiger partial charge is 0.321 e. The van der Waals surface area contributed by atoms with E-state index in [-0.39, 0.29) is 11.7 Å². The van der Waals surface area contributed by atoms with Crippen LogP contribution in [0.5, 0.6) is 0 Å². The van der Waals surface area contributed by atoms with Gasteiger partial charge in [0.05, 0.1) is 15.5 Å². The highest BCUT2D eigenvalue weighted by Crippen LogP contribution is 2.46. The fourth-order valence-corrected chi connectivity index (χ4v) is 4.82. The Labute approximate surface area is 122 Å². The van der Waals surface area contributed by atoms with Crippen molar-refractivity contribution in [2.45, 2.75) is 9.10 Å². The molecule has 3 aromatic rings. The van der Waals surface area contributed by atoms with Crippen molar-refractivity contribution in [3.63, 3.8) is 0 Å². The van der Waals surface area contributed by atoms with E-state index in [2.05, 4.69) is 5.32 Å². The third kappa shape index (κ3) is 1.74. The van der Waals surface area contributed by atoms with Crippen molar-refractivity contribution in [1.29, 1.82) is 0 Å². The van der Waals surface area contributed by atoms with Gasteiger partial charge in [0.2, 0.25) is 0 Å². The topological polar surface area (TPSA) is 29.1 Å². The maximum absolute atomic E-state index is 13.4. The summed E-state index contributed by atoms with van der Waals surface area (Å²) < 4.78 is 15.4. The van der Waals surface area contributed by atoms with Crippen LogP contribution in [-0.2, 0) is 0 Å². The highest BCUT2D eigenvalue weighted by atomic mass is 32.2. The first-order valence-electron chi connectivity index (χ1n) is 6.02. The van der Waals surface area contributed by atoms with Gasteiger partial charge >= 0.3 is 0 Å². The smallest absolute Gasteiger partial charge is 0.258 e. The molecule has 2 aromatic carbocycles. The summed E-state index contributed by atoms with van der Waals surface area (Å²) in [7, 11) is 0. The van der Waals surface area contributed by atoms with Crippen LogP contribution in [0.4, 0.5) is 10.1 Å². The molecule has 1 aliphatic heterocycles. The van der Waals surface area contributed by atoms with Gasteiger partial charge in [-0.1, -0.05) is 30.0 Å². The summed E-state index contributed by atoms with van der Waals surface area (Å²) in [6.45, 7) is 0. The van der Waals surface area contributed by atoms with Gasteiger partial charge in [-0.05, 0) is 24.3 Å². The molecule has 0 saturated carbocycles. The number of nitrogens with one attached hydrogen (secondary N) is 1. The van der Waals surface area contributed by atoms with Gasteiger partial charge in [0.1, 0.15) is 5.82 Å². The minimum Gasteiger partial charge on any atom is -0.321 e. The van der Waals surface area contributed by atoms with Crippen LogP contribution < -0.4 is 5.32 Å².